The lowest BCUT2D eigenvalue weighted by Crippen LogP contribution is -2.34. The zero-order valence-corrected chi connectivity index (χ0v) is 12.2. The van der Waals surface area contributed by atoms with Gasteiger partial charge in [-0.05, 0) is 20.8 Å². The number of carbonyl (C=O) groups excluding carboxylic acids is 2. The van der Waals surface area contributed by atoms with Crippen LogP contribution in [0.3, 0.4) is 0 Å². The Morgan fingerprint density at radius 3 is 1.82 bits per heavy atom. The van der Waals surface area contributed by atoms with Crippen LogP contribution in [0.1, 0.15) is 54.9 Å². The highest BCUT2D eigenvalue weighted by Gasteiger charge is 2.15. The van der Waals surface area contributed by atoms with Crippen molar-refractivity contribution >= 4 is 12.0 Å². The van der Waals surface area contributed by atoms with E-state index in [9.17, 15) is 9.59 Å². The van der Waals surface area contributed by atoms with Crippen LogP contribution in [-0.4, -0.2) is 24.1 Å². The second-order valence-electron chi connectivity index (χ2n) is 3.64. The van der Waals surface area contributed by atoms with E-state index in [0.717, 1.165) is 0 Å². The number of primary amides is 1. The molecule has 0 radical (unpaired) electrons. The van der Waals surface area contributed by atoms with E-state index >= 15 is 0 Å². The lowest BCUT2D eigenvalue weighted by molar-refractivity contribution is -0.117. The second-order valence-corrected chi connectivity index (χ2v) is 3.64. The summed E-state index contributed by atoms with van der Waals surface area (Å²) in [6, 6.07) is 0. The van der Waals surface area contributed by atoms with E-state index in [1.165, 1.54) is 0 Å². The third-order valence-electron chi connectivity index (χ3n) is 1.04. The van der Waals surface area contributed by atoms with Crippen LogP contribution in [0.2, 0.25) is 0 Å². The highest BCUT2D eigenvalue weighted by atomic mass is 16.6. The van der Waals surface area contributed by atoms with E-state index < -0.39 is 17.6 Å². The molecule has 0 aromatic heterocycles. The van der Waals surface area contributed by atoms with Crippen molar-refractivity contribution in [1.82, 2.24) is 5.32 Å². The lowest BCUT2D eigenvalue weighted by atomic mass is 10.2. The molecule has 0 aromatic rings. The third kappa shape index (κ3) is 25.2. The Balaban J connectivity index is -0.000000439. The number of alkyl carbamates (subject to hydrolysis) is 1. The Labute approximate surface area is 105 Å². The molecule has 0 heterocycles. The van der Waals surface area contributed by atoms with Gasteiger partial charge in [-0.3, -0.25) is 4.79 Å². The first-order valence-electron chi connectivity index (χ1n) is 6.06. The fourth-order valence-electron chi connectivity index (χ4n) is 0.602. The molecule has 0 aliphatic heterocycles. The van der Waals surface area contributed by atoms with Crippen molar-refractivity contribution in [1.29, 1.82) is 0 Å². The zero-order valence-electron chi connectivity index (χ0n) is 12.2. The van der Waals surface area contributed by atoms with Gasteiger partial charge in [-0.15, -0.1) is 0 Å². The van der Waals surface area contributed by atoms with Crippen LogP contribution in [0.4, 0.5) is 4.79 Å². The average molecular weight is 248 g/mol. The summed E-state index contributed by atoms with van der Waals surface area (Å²) < 4.78 is 4.92. The van der Waals surface area contributed by atoms with Gasteiger partial charge in [0.25, 0.3) is 0 Å². The van der Waals surface area contributed by atoms with Crippen molar-refractivity contribution in [2.75, 3.05) is 6.54 Å². The average Bonchev–Trinajstić information content (AvgIpc) is 2.20. The molecular weight excluding hydrogens is 220 g/mol. The fourth-order valence-corrected chi connectivity index (χ4v) is 0.602. The molecule has 0 aliphatic rings. The number of hydrogen-bond donors (Lipinski definition) is 2. The number of nitrogens with two attached hydrogens (primary N) is 1. The molecule has 104 valence electrons. The second kappa shape index (κ2) is 12.8. The van der Waals surface area contributed by atoms with Crippen LogP contribution in [0.15, 0.2) is 0 Å². The normalized spacial score (nSPS) is 8.88. The van der Waals surface area contributed by atoms with Gasteiger partial charge in [0.05, 0.1) is 0 Å². The largest absolute Gasteiger partial charge is 0.444 e. The summed E-state index contributed by atoms with van der Waals surface area (Å²) in [6.45, 7) is 13.5. The molecule has 0 fully saturated rings. The molecule has 0 spiro atoms. The molecule has 0 rings (SSSR count). The molecule has 0 aromatic carbocycles. The minimum Gasteiger partial charge on any atom is -0.444 e. The van der Waals surface area contributed by atoms with E-state index in [1.807, 2.05) is 27.7 Å². The number of ether oxygens (including phenoxy) is 1. The molecule has 3 N–H and O–H groups in total. The number of amides is 2. The first kappa shape index (κ1) is 21.1. The van der Waals surface area contributed by atoms with Gasteiger partial charge in [0.1, 0.15) is 5.60 Å². The van der Waals surface area contributed by atoms with Crippen molar-refractivity contribution < 1.29 is 14.3 Å². The Kier molecular flexibility index (Phi) is 15.9. The SMILES string of the molecule is CC.CC.CC(C)(C)OC(=O)NCCC(N)=O. The Morgan fingerprint density at radius 1 is 1.12 bits per heavy atom. The molecule has 17 heavy (non-hydrogen) atoms. The van der Waals surface area contributed by atoms with E-state index in [1.54, 1.807) is 20.8 Å². The van der Waals surface area contributed by atoms with Gasteiger partial charge < -0.3 is 15.8 Å². The Morgan fingerprint density at radius 2 is 1.53 bits per heavy atom. The smallest absolute Gasteiger partial charge is 0.407 e. The van der Waals surface area contributed by atoms with Crippen molar-refractivity contribution in [3.63, 3.8) is 0 Å². The van der Waals surface area contributed by atoms with Crippen molar-refractivity contribution in [3.05, 3.63) is 0 Å². The van der Waals surface area contributed by atoms with Gasteiger partial charge in [-0.2, -0.15) is 0 Å². The highest BCUT2D eigenvalue weighted by Crippen LogP contribution is 2.06. The van der Waals surface area contributed by atoms with Crippen LogP contribution < -0.4 is 11.1 Å². The van der Waals surface area contributed by atoms with E-state index in [-0.39, 0.29) is 13.0 Å². The summed E-state index contributed by atoms with van der Waals surface area (Å²) in [5, 5.41) is 2.41. The molecule has 0 aliphatic carbocycles. The van der Waals surface area contributed by atoms with Gasteiger partial charge in [0, 0.05) is 13.0 Å². The summed E-state index contributed by atoms with van der Waals surface area (Å²) in [5.74, 6) is -0.448. The lowest BCUT2D eigenvalue weighted by Gasteiger charge is -2.19. The molecule has 0 saturated heterocycles. The highest BCUT2D eigenvalue weighted by molar-refractivity contribution is 5.75. The summed E-state index contributed by atoms with van der Waals surface area (Å²) >= 11 is 0. The van der Waals surface area contributed by atoms with Gasteiger partial charge in [-0.1, -0.05) is 27.7 Å². The van der Waals surface area contributed by atoms with Gasteiger partial charge in [0.15, 0.2) is 0 Å². The fraction of sp³-hybridized carbons (Fsp3) is 0.833. The van der Waals surface area contributed by atoms with Crippen LogP contribution in [0, 0.1) is 0 Å². The van der Waals surface area contributed by atoms with Gasteiger partial charge >= 0.3 is 6.09 Å². The van der Waals surface area contributed by atoms with E-state index in [0.29, 0.717) is 0 Å². The summed E-state index contributed by atoms with van der Waals surface area (Å²) in [7, 11) is 0. The Bertz CT molecular complexity index is 198. The molecule has 0 bridgehead atoms. The molecule has 5 heteroatoms. The maximum absolute atomic E-state index is 11.0. The van der Waals surface area contributed by atoms with Crippen molar-refractivity contribution in [3.8, 4) is 0 Å². The molecule has 2 amide bonds. The van der Waals surface area contributed by atoms with Gasteiger partial charge in [-0.25, -0.2) is 4.79 Å². The van der Waals surface area contributed by atoms with Crippen LogP contribution in [0.5, 0.6) is 0 Å². The van der Waals surface area contributed by atoms with E-state index in [2.05, 4.69) is 5.32 Å². The number of rotatable bonds is 3. The van der Waals surface area contributed by atoms with Crippen molar-refractivity contribution in [2.45, 2.75) is 60.5 Å². The predicted octanol–water partition coefficient (Wildman–Crippen LogP) is 2.44. The first-order chi connectivity index (χ1) is 7.81. The molecule has 0 unspecified atom stereocenters. The first-order valence-corrected chi connectivity index (χ1v) is 6.06. The molecule has 5 nitrogen and oxygen atoms in total. The number of carbonyl (C=O) groups is 2. The predicted molar refractivity (Wildman–Crippen MR) is 70.7 cm³/mol. The maximum atomic E-state index is 11.0. The topological polar surface area (TPSA) is 81.4 Å². The molecule has 0 atom stereocenters. The number of nitrogens with one attached hydrogen (secondary N) is 1. The monoisotopic (exact) mass is 248 g/mol. The van der Waals surface area contributed by atoms with Crippen LogP contribution >= 0.6 is 0 Å². The van der Waals surface area contributed by atoms with E-state index in [4.69, 9.17) is 10.5 Å². The Hall–Kier alpha value is -1.26. The van der Waals surface area contributed by atoms with Crippen molar-refractivity contribution in [2.24, 2.45) is 5.73 Å². The molecular formula is C12H28N2O3. The minimum absolute atomic E-state index is 0.124. The third-order valence-corrected chi connectivity index (χ3v) is 1.04. The number of hydrogen-bond acceptors (Lipinski definition) is 3. The van der Waals surface area contributed by atoms with Crippen LogP contribution in [-0.2, 0) is 9.53 Å². The zero-order chi connectivity index (χ0) is 14.5. The summed E-state index contributed by atoms with van der Waals surface area (Å²) in [4.78, 5) is 21.3. The summed E-state index contributed by atoms with van der Waals surface area (Å²) in [6.07, 6.45) is -0.409. The summed E-state index contributed by atoms with van der Waals surface area (Å²) in [5.41, 5.74) is 4.36. The minimum atomic E-state index is -0.534. The standard InChI is InChI=1S/C8H16N2O3.2C2H6/c1-8(2,3)13-7(12)10-5-4-6(9)11;2*1-2/h4-5H2,1-3H3,(H2,9,11)(H,10,12);2*1-2H3. The quantitative estimate of drug-likeness (QED) is 0.804. The maximum Gasteiger partial charge on any atom is 0.407 e. The van der Waals surface area contributed by atoms with Gasteiger partial charge in [0.2, 0.25) is 5.91 Å². The molecule has 0 saturated carbocycles. The van der Waals surface area contributed by atoms with Crippen LogP contribution in [0.25, 0.3) is 0 Å².